The highest BCUT2D eigenvalue weighted by atomic mass is 32.2. The Kier molecular flexibility index (Phi) is 5.20. The highest BCUT2D eigenvalue weighted by Gasteiger charge is 2.23. The molecule has 0 radical (unpaired) electrons. The zero-order valence-electron chi connectivity index (χ0n) is 11.0. The zero-order valence-corrected chi connectivity index (χ0v) is 13.4. The number of amides is 1. The van der Waals surface area contributed by atoms with Crippen LogP contribution in [-0.4, -0.2) is 42.0 Å². The summed E-state index contributed by atoms with van der Waals surface area (Å²) in [6.45, 7) is 1.26. The third-order valence-electron chi connectivity index (χ3n) is 2.66. The first-order valence-corrected chi connectivity index (χ1v) is 8.98. The Morgan fingerprint density at radius 2 is 2.43 bits per heavy atom. The third kappa shape index (κ3) is 4.24. The van der Waals surface area contributed by atoms with E-state index in [-0.39, 0.29) is 12.5 Å². The molecule has 3 rings (SSSR count). The number of thiophene rings is 1. The molecule has 0 aliphatic carbocycles. The van der Waals surface area contributed by atoms with Gasteiger partial charge in [0.15, 0.2) is 10.4 Å². The van der Waals surface area contributed by atoms with Gasteiger partial charge in [0.05, 0.1) is 19.8 Å². The van der Waals surface area contributed by atoms with Gasteiger partial charge < -0.3 is 9.47 Å². The molecular weight excluding hydrogens is 330 g/mol. The summed E-state index contributed by atoms with van der Waals surface area (Å²) in [5.41, 5.74) is 0. The van der Waals surface area contributed by atoms with Crippen molar-refractivity contribution in [2.75, 3.05) is 25.1 Å². The number of rotatable bonds is 5. The van der Waals surface area contributed by atoms with Crippen LogP contribution in [0, 0.1) is 0 Å². The molecule has 2 aromatic rings. The van der Waals surface area contributed by atoms with E-state index in [1.807, 2.05) is 11.4 Å². The van der Waals surface area contributed by atoms with E-state index in [2.05, 4.69) is 21.6 Å². The molecule has 9 heteroatoms. The molecule has 0 spiro atoms. The summed E-state index contributed by atoms with van der Waals surface area (Å²) in [6.07, 6.45) is -0.565. The summed E-state index contributed by atoms with van der Waals surface area (Å²) < 4.78 is 11.4. The molecular formula is C12H13N3O3S3. The fourth-order valence-corrected chi connectivity index (χ4v) is 4.20. The molecule has 1 aliphatic rings. The fraction of sp³-hybridized carbons (Fsp3) is 0.417. The highest BCUT2D eigenvalue weighted by Crippen LogP contribution is 2.29. The van der Waals surface area contributed by atoms with Crippen LogP contribution in [0.15, 0.2) is 21.9 Å². The second kappa shape index (κ2) is 7.32. The maximum absolute atomic E-state index is 11.9. The van der Waals surface area contributed by atoms with Crippen LogP contribution in [0.1, 0.15) is 4.88 Å². The molecule has 0 bridgehead atoms. The Labute approximate surface area is 133 Å². The van der Waals surface area contributed by atoms with Crippen LogP contribution in [-0.2, 0) is 20.0 Å². The molecule has 1 aliphatic heterocycles. The number of aromatic nitrogens is 2. The average Bonchev–Trinajstić information content (AvgIpc) is 3.17. The minimum Gasteiger partial charge on any atom is -0.376 e. The lowest BCUT2D eigenvalue weighted by Gasteiger charge is -2.21. The maximum Gasteiger partial charge on any atom is 0.257 e. The summed E-state index contributed by atoms with van der Waals surface area (Å²) in [5.74, 6) is 0.625. The van der Waals surface area contributed by atoms with Crippen molar-refractivity contribution in [2.45, 2.75) is 16.2 Å². The minimum atomic E-state index is -0.565. The lowest BCUT2D eigenvalue weighted by Crippen LogP contribution is -2.39. The van der Waals surface area contributed by atoms with Crippen molar-refractivity contribution in [1.82, 2.24) is 10.2 Å². The van der Waals surface area contributed by atoms with Crippen molar-refractivity contribution in [3.05, 3.63) is 22.4 Å². The van der Waals surface area contributed by atoms with Crippen molar-refractivity contribution < 1.29 is 14.3 Å². The number of nitrogens with zero attached hydrogens (tertiary/aromatic N) is 2. The molecule has 1 saturated heterocycles. The number of anilines is 1. The van der Waals surface area contributed by atoms with E-state index in [0.29, 0.717) is 18.3 Å². The van der Waals surface area contributed by atoms with E-state index in [1.54, 1.807) is 23.1 Å². The maximum atomic E-state index is 11.9. The highest BCUT2D eigenvalue weighted by molar-refractivity contribution is 8.00. The van der Waals surface area contributed by atoms with E-state index in [0.717, 1.165) is 10.1 Å². The number of thioether (sulfide) groups is 1. The van der Waals surface area contributed by atoms with E-state index >= 15 is 0 Å². The Balaban J connectivity index is 1.51. The van der Waals surface area contributed by atoms with Crippen molar-refractivity contribution in [3.8, 4) is 0 Å². The number of carbonyl (C=O) groups excluding carboxylic acids is 1. The second-order valence-corrected chi connectivity index (χ2v) is 7.40. The number of nitrogens with one attached hydrogen (secondary N) is 1. The van der Waals surface area contributed by atoms with Crippen LogP contribution in [0.3, 0.4) is 0 Å². The minimum absolute atomic E-state index is 0.236. The first-order valence-electron chi connectivity index (χ1n) is 6.30. The van der Waals surface area contributed by atoms with Gasteiger partial charge in [-0.05, 0) is 11.4 Å². The molecule has 1 N–H and O–H groups in total. The molecule has 0 aromatic carbocycles. The molecule has 1 atom stereocenters. The Morgan fingerprint density at radius 3 is 3.19 bits per heavy atom. The monoisotopic (exact) mass is 343 g/mol. The Bertz CT molecular complexity index is 582. The largest absolute Gasteiger partial charge is 0.376 e. The van der Waals surface area contributed by atoms with Crippen molar-refractivity contribution in [3.63, 3.8) is 0 Å². The molecule has 1 amide bonds. The summed E-state index contributed by atoms with van der Waals surface area (Å²) in [6, 6.07) is 4.11. The van der Waals surface area contributed by atoms with Crippen LogP contribution >= 0.6 is 34.4 Å². The number of carbonyl (C=O) groups is 1. The lowest BCUT2D eigenvalue weighted by molar-refractivity contribution is -0.142. The van der Waals surface area contributed by atoms with Gasteiger partial charge in [0, 0.05) is 10.6 Å². The Hall–Kier alpha value is -1.00. The van der Waals surface area contributed by atoms with Gasteiger partial charge in [0.1, 0.15) is 0 Å². The van der Waals surface area contributed by atoms with Crippen LogP contribution in [0.5, 0.6) is 0 Å². The molecule has 1 unspecified atom stereocenters. The quantitative estimate of drug-likeness (QED) is 0.663. The second-order valence-electron chi connectivity index (χ2n) is 4.16. The summed E-state index contributed by atoms with van der Waals surface area (Å²) in [4.78, 5) is 13.2. The number of hydrogen-bond donors (Lipinski definition) is 1. The topological polar surface area (TPSA) is 73.3 Å². The predicted molar refractivity (Wildman–Crippen MR) is 83.0 cm³/mol. The van der Waals surface area contributed by atoms with Crippen LogP contribution < -0.4 is 5.32 Å². The molecule has 112 valence electrons. The molecule has 6 nitrogen and oxygen atoms in total. The summed E-state index contributed by atoms with van der Waals surface area (Å²) in [5, 5.41) is 13.3. The van der Waals surface area contributed by atoms with Gasteiger partial charge in [-0.2, -0.15) is 0 Å². The van der Waals surface area contributed by atoms with E-state index < -0.39 is 6.10 Å². The van der Waals surface area contributed by atoms with Gasteiger partial charge in [0.2, 0.25) is 5.13 Å². The zero-order chi connectivity index (χ0) is 14.5. The number of hydrogen-bond acceptors (Lipinski definition) is 8. The van der Waals surface area contributed by atoms with Crippen LogP contribution in [0.25, 0.3) is 0 Å². The van der Waals surface area contributed by atoms with Gasteiger partial charge >= 0.3 is 0 Å². The standard InChI is InChI=1S/C12H13N3O3S3/c16-10(9-6-17-3-4-18-9)13-11-14-15-12(21-11)20-7-8-2-1-5-19-8/h1-2,5,9H,3-4,6-7H2,(H,13,14,16). The first kappa shape index (κ1) is 14.9. The molecule has 1 fully saturated rings. The molecule has 3 heterocycles. The van der Waals surface area contributed by atoms with Crippen molar-refractivity contribution in [2.24, 2.45) is 0 Å². The molecule has 21 heavy (non-hydrogen) atoms. The normalized spacial score (nSPS) is 18.6. The van der Waals surface area contributed by atoms with Crippen LogP contribution in [0.2, 0.25) is 0 Å². The van der Waals surface area contributed by atoms with E-state index in [9.17, 15) is 4.79 Å². The van der Waals surface area contributed by atoms with Gasteiger partial charge in [-0.15, -0.1) is 21.5 Å². The van der Waals surface area contributed by atoms with Gasteiger partial charge in [0.25, 0.3) is 5.91 Å². The van der Waals surface area contributed by atoms with Crippen molar-refractivity contribution in [1.29, 1.82) is 0 Å². The van der Waals surface area contributed by atoms with Gasteiger partial charge in [-0.3, -0.25) is 10.1 Å². The van der Waals surface area contributed by atoms with E-state index in [4.69, 9.17) is 9.47 Å². The first-order chi connectivity index (χ1) is 10.3. The molecule has 2 aromatic heterocycles. The fourth-order valence-electron chi connectivity index (χ4n) is 1.67. The summed E-state index contributed by atoms with van der Waals surface area (Å²) >= 11 is 4.69. The lowest BCUT2D eigenvalue weighted by atomic mass is 10.3. The molecule has 0 saturated carbocycles. The summed E-state index contributed by atoms with van der Waals surface area (Å²) in [7, 11) is 0. The predicted octanol–water partition coefficient (Wildman–Crippen LogP) is 2.25. The number of ether oxygens (including phenoxy) is 2. The smallest absolute Gasteiger partial charge is 0.257 e. The van der Waals surface area contributed by atoms with Crippen LogP contribution in [0.4, 0.5) is 5.13 Å². The average molecular weight is 343 g/mol. The van der Waals surface area contributed by atoms with E-state index in [1.165, 1.54) is 16.2 Å². The van der Waals surface area contributed by atoms with Gasteiger partial charge in [-0.25, -0.2) is 0 Å². The van der Waals surface area contributed by atoms with Crippen molar-refractivity contribution >= 4 is 45.5 Å². The van der Waals surface area contributed by atoms with Gasteiger partial charge in [-0.1, -0.05) is 29.2 Å². The third-order valence-corrected chi connectivity index (χ3v) is 5.74. The SMILES string of the molecule is O=C(Nc1nnc(SCc2cccs2)s1)C1COCCO1. The Morgan fingerprint density at radius 1 is 1.48 bits per heavy atom.